The van der Waals surface area contributed by atoms with Crippen LogP contribution in [-0.4, -0.2) is 37.4 Å². The maximum Gasteiger partial charge on any atom is 0.259 e. The number of aryl methyl sites for hydroxylation is 1. The van der Waals surface area contributed by atoms with Gasteiger partial charge in [0, 0.05) is 44.6 Å². The van der Waals surface area contributed by atoms with E-state index in [1.807, 2.05) is 49.0 Å². The van der Waals surface area contributed by atoms with Crippen LogP contribution in [0.25, 0.3) is 0 Å². The van der Waals surface area contributed by atoms with Gasteiger partial charge < -0.3 is 15.1 Å². The lowest BCUT2D eigenvalue weighted by molar-refractivity contribution is -0.117. The molecule has 6 nitrogen and oxygen atoms in total. The van der Waals surface area contributed by atoms with E-state index in [1.165, 1.54) is 0 Å². The molecule has 130 valence electrons. The van der Waals surface area contributed by atoms with Crippen molar-refractivity contribution in [2.24, 2.45) is 0 Å². The molecule has 25 heavy (non-hydrogen) atoms. The molecule has 0 bridgehead atoms. The SMILES string of the molecule is Cc1cc(NC(=O)c2cccnc2N(C)C)ccc1N1CCCC1=O. The number of hydrogen-bond acceptors (Lipinski definition) is 4. The van der Waals surface area contributed by atoms with Crippen molar-refractivity contribution in [2.75, 3.05) is 35.8 Å². The van der Waals surface area contributed by atoms with Crippen LogP contribution in [0, 0.1) is 6.92 Å². The van der Waals surface area contributed by atoms with Crippen molar-refractivity contribution in [3.63, 3.8) is 0 Å². The maximum absolute atomic E-state index is 12.6. The number of pyridine rings is 1. The molecule has 3 rings (SSSR count). The number of carbonyl (C=O) groups is 2. The highest BCUT2D eigenvalue weighted by atomic mass is 16.2. The van der Waals surface area contributed by atoms with Crippen LogP contribution >= 0.6 is 0 Å². The van der Waals surface area contributed by atoms with Gasteiger partial charge in [0.2, 0.25) is 5.91 Å². The average Bonchev–Trinajstić information content (AvgIpc) is 3.01. The van der Waals surface area contributed by atoms with Crippen molar-refractivity contribution < 1.29 is 9.59 Å². The fourth-order valence-corrected chi connectivity index (χ4v) is 3.07. The van der Waals surface area contributed by atoms with Crippen molar-refractivity contribution in [2.45, 2.75) is 19.8 Å². The van der Waals surface area contributed by atoms with E-state index in [9.17, 15) is 9.59 Å². The molecule has 0 unspecified atom stereocenters. The molecule has 0 radical (unpaired) electrons. The normalized spacial score (nSPS) is 13.9. The predicted octanol–water partition coefficient (Wildman–Crippen LogP) is 2.84. The van der Waals surface area contributed by atoms with E-state index in [1.54, 1.807) is 18.3 Å². The first-order chi connectivity index (χ1) is 12.0. The topological polar surface area (TPSA) is 65.5 Å². The number of amides is 2. The summed E-state index contributed by atoms with van der Waals surface area (Å²) in [4.78, 5) is 32.4. The second-order valence-electron chi connectivity index (χ2n) is 6.37. The summed E-state index contributed by atoms with van der Waals surface area (Å²) in [5.41, 5.74) is 3.10. The summed E-state index contributed by atoms with van der Waals surface area (Å²) in [5.74, 6) is 0.572. The van der Waals surface area contributed by atoms with Crippen LogP contribution in [-0.2, 0) is 4.79 Å². The Morgan fingerprint density at radius 3 is 2.72 bits per heavy atom. The minimum atomic E-state index is -0.207. The van der Waals surface area contributed by atoms with Gasteiger partial charge >= 0.3 is 0 Å². The molecule has 1 aliphatic rings. The third kappa shape index (κ3) is 3.47. The van der Waals surface area contributed by atoms with Crippen molar-refractivity contribution in [1.82, 2.24) is 4.98 Å². The molecular formula is C19H22N4O2. The fraction of sp³-hybridized carbons (Fsp3) is 0.316. The van der Waals surface area contributed by atoms with Crippen molar-refractivity contribution in [3.05, 3.63) is 47.7 Å². The Balaban J connectivity index is 1.81. The lowest BCUT2D eigenvalue weighted by Gasteiger charge is -2.19. The number of benzene rings is 1. The number of rotatable bonds is 4. The van der Waals surface area contributed by atoms with Crippen LogP contribution in [0.4, 0.5) is 17.2 Å². The van der Waals surface area contributed by atoms with E-state index < -0.39 is 0 Å². The van der Waals surface area contributed by atoms with E-state index >= 15 is 0 Å². The number of nitrogens with one attached hydrogen (secondary N) is 1. The Morgan fingerprint density at radius 2 is 2.08 bits per heavy atom. The van der Waals surface area contributed by atoms with Gasteiger partial charge in [-0.2, -0.15) is 0 Å². The summed E-state index contributed by atoms with van der Waals surface area (Å²) in [5, 5.41) is 2.91. The van der Waals surface area contributed by atoms with Crippen molar-refractivity contribution in [3.8, 4) is 0 Å². The molecule has 0 saturated carbocycles. The first-order valence-corrected chi connectivity index (χ1v) is 8.32. The Morgan fingerprint density at radius 1 is 1.28 bits per heavy atom. The van der Waals surface area contributed by atoms with Gasteiger partial charge in [-0.3, -0.25) is 9.59 Å². The van der Waals surface area contributed by atoms with E-state index in [-0.39, 0.29) is 11.8 Å². The number of nitrogens with zero attached hydrogens (tertiary/aromatic N) is 3. The zero-order valence-corrected chi connectivity index (χ0v) is 14.7. The van der Waals surface area contributed by atoms with E-state index in [2.05, 4.69) is 10.3 Å². The fourth-order valence-electron chi connectivity index (χ4n) is 3.07. The molecule has 1 fully saturated rings. The molecule has 6 heteroatoms. The highest BCUT2D eigenvalue weighted by molar-refractivity contribution is 6.07. The summed E-state index contributed by atoms with van der Waals surface area (Å²) < 4.78 is 0. The van der Waals surface area contributed by atoms with Gasteiger partial charge in [0.1, 0.15) is 5.82 Å². The van der Waals surface area contributed by atoms with Crippen LogP contribution in [0.15, 0.2) is 36.5 Å². The molecule has 2 heterocycles. The van der Waals surface area contributed by atoms with Gasteiger partial charge in [-0.1, -0.05) is 0 Å². The minimum Gasteiger partial charge on any atom is -0.362 e. The Hall–Kier alpha value is -2.89. The highest BCUT2D eigenvalue weighted by Crippen LogP contribution is 2.28. The second kappa shape index (κ2) is 6.93. The smallest absolute Gasteiger partial charge is 0.259 e. The van der Waals surface area contributed by atoms with Crippen LogP contribution in [0.5, 0.6) is 0 Å². The molecule has 0 aliphatic carbocycles. The monoisotopic (exact) mass is 338 g/mol. The molecule has 2 amide bonds. The first-order valence-electron chi connectivity index (χ1n) is 8.32. The van der Waals surface area contributed by atoms with E-state index in [4.69, 9.17) is 0 Å². The molecule has 1 saturated heterocycles. The molecule has 0 spiro atoms. The summed E-state index contributed by atoms with van der Waals surface area (Å²) in [6.07, 6.45) is 3.16. The van der Waals surface area contributed by atoms with Gasteiger partial charge in [0.15, 0.2) is 0 Å². The zero-order chi connectivity index (χ0) is 18.0. The molecule has 0 atom stereocenters. The number of anilines is 3. The second-order valence-corrected chi connectivity index (χ2v) is 6.37. The number of hydrogen-bond donors (Lipinski definition) is 1. The van der Waals surface area contributed by atoms with Crippen LogP contribution in [0.3, 0.4) is 0 Å². The third-order valence-electron chi connectivity index (χ3n) is 4.27. The molecular weight excluding hydrogens is 316 g/mol. The average molecular weight is 338 g/mol. The molecule has 1 N–H and O–H groups in total. The summed E-state index contributed by atoms with van der Waals surface area (Å²) in [7, 11) is 3.70. The zero-order valence-electron chi connectivity index (χ0n) is 14.7. The van der Waals surface area contributed by atoms with Gasteiger partial charge in [0.05, 0.1) is 5.56 Å². The number of aromatic nitrogens is 1. The first kappa shape index (κ1) is 17.0. The summed E-state index contributed by atoms with van der Waals surface area (Å²) >= 11 is 0. The highest BCUT2D eigenvalue weighted by Gasteiger charge is 2.23. The quantitative estimate of drug-likeness (QED) is 0.931. The lowest BCUT2D eigenvalue weighted by Crippen LogP contribution is -2.24. The molecule has 1 aromatic carbocycles. The molecule has 1 aromatic heterocycles. The lowest BCUT2D eigenvalue weighted by atomic mass is 10.1. The maximum atomic E-state index is 12.6. The Kier molecular flexibility index (Phi) is 4.70. The minimum absolute atomic E-state index is 0.158. The Bertz CT molecular complexity index is 817. The standard InChI is InChI=1S/C19H22N4O2/c1-13-12-14(8-9-16(13)23-11-5-7-17(23)24)21-19(25)15-6-4-10-20-18(15)22(2)3/h4,6,8-10,12H,5,7,11H2,1-3H3,(H,21,25). The molecule has 2 aromatic rings. The van der Waals surface area contributed by atoms with Crippen LogP contribution < -0.4 is 15.1 Å². The summed E-state index contributed by atoms with van der Waals surface area (Å²) in [6.45, 7) is 2.71. The van der Waals surface area contributed by atoms with Gasteiger partial charge in [-0.25, -0.2) is 4.98 Å². The Labute approximate surface area is 147 Å². The number of carbonyl (C=O) groups excluding carboxylic acids is 2. The van der Waals surface area contributed by atoms with Gasteiger partial charge in [0.25, 0.3) is 5.91 Å². The summed E-state index contributed by atoms with van der Waals surface area (Å²) in [6, 6.07) is 9.11. The van der Waals surface area contributed by atoms with E-state index in [0.717, 1.165) is 24.2 Å². The molecule has 1 aliphatic heterocycles. The van der Waals surface area contributed by atoms with Crippen LogP contribution in [0.2, 0.25) is 0 Å². The largest absolute Gasteiger partial charge is 0.362 e. The van der Waals surface area contributed by atoms with E-state index in [0.29, 0.717) is 23.5 Å². The van der Waals surface area contributed by atoms with Gasteiger partial charge in [-0.15, -0.1) is 0 Å². The van der Waals surface area contributed by atoms with Crippen molar-refractivity contribution >= 4 is 29.0 Å². The van der Waals surface area contributed by atoms with Gasteiger partial charge in [-0.05, 0) is 49.2 Å². The van der Waals surface area contributed by atoms with Crippen molar-refractivity contribution in [1.29, 1.82) is 0 Å². The predicted molar refractivity (Wildman–Crippen MR) is 99.3 cm³/mol. The third-order valence-corrected chi connectivity index (χ3v) is 4.27. The van der Waals surface area contributed by atoms with Crippen LogP contribution in [0.1, 0.15) is 28.8 Å².